The highest BCUT2D eigenvalue weighted by molar-refractivity contribution is 6.04. The molecule has 2 aliphatic heterocycles. The summed E-state index contributed by atoms with van der Waals surface area (Å²) in [5, 5.41) is 4.97. The van der Waals surface area contributed by atoms with Gasteiger partial charge in [0.1, 0.15) is 0 Å². The zero-order valence-electron chi connectivity index (χ0n) is 30.8. The fourth-order valence-electron chi connectivity index (χ4n) is 2.27. The van der Waals surface area contributed by atoms with E-state index in [0.717, 1.165) is 4.68 Å². The number of piperidine rings is 2. The smallest absolute Gasteiger partial charge is 0.272 e. The minimum absolute atomic E-state index is 0.303. The first kappa shape index (κ1) is 4.60. The molecule has 2 fully saturated rings. The lowest BCUT2D eigenvalue weighted by atomic mass is 9.82. The highest BCUT2D eigenvalue weighted by atomic mass is 16.2. The van der Waals surface area contributed by atoms with E-state index < -0.39 is 103 Å². The first-order chi connectivity index (χ1) is 18.5. The molecule has 1 aromatic carbocycles. The SMILES string of the molecule is [2H]c1c([2H])c([2H])c2c(c(C(=O)NC3([2H])C([2H])([2H])[C@@H]4N(C([2H])([2H])[2H])[C@]([2H])(C([2H])([2H])C([2H])([2H])C4([2H])[2H])C3([2H])[2H])nn2C)c1[2H]. The molecule has 5 nitrogen and oxygen atoms in total. The molecule has 2 saturated heterocycles. The van der Waals surface area contributed by atoms with Gasteiger partial charge in [-0.05, 0) is 38.5 Å². The molecule has 0 spiro atoms. The maximum atomic E-state index is 13.6. The topological polar surface area (TPSA) is 50.2 Å². The van der Waals surface area contributed by atoms with E-state index in [0.29, 0.717) is 0 Å². The van der Waals surface area contributed by atoms with Gasteiger partial charge in [0.25, 0.3) is 5.91 Å². The number of nitrogens with one attached hydrogen (secondary N) is 1. The number of benzene rings is 1. The van der Waals surface area contributed by atoms with E-state index in [4.69, 9.17) is 26.0 Å². The summed E-state index contributed by atoms with van der Waals surface area (Å²) < 4.78 is 159. The van der Waals surface area contributed by atoms with E-state index in [9.17, 15) is 4.79 Å². The van der Waals surface area contributed by atoms with Crippen LogP contribution in [0.15, 0.2) is 24.2 Å². The van der Waals surface area contributed by atoms with E-state index >= 15 is 0 Å². The second kappa shape index (κ2) is 5.64. The van der Waals surface area contributed by atoms with E-state index in [1.807, 2.05) is 0 Å². The number of para-hydroxylation sites is 1. The van der Waals surface area contributed by atoms with Gasteiger partial charge >= 0.3 is 0 Å². The van der Waals surface area contributed by atoms with Crippen molar-refractivity contribution in [2.75, 3.05) is 6.98 Å². The quantitative estimate of drug-likeness (QED) is 0.919. The Morgan fingerprint density at radius 2 is 2.35 bits per heavy atom. The molecule has 1 amide bonds. The van der Waals surface area contributed by atoms with Crippen LogP contribution in [0, 0.1) is 0 Å². The van der Waals surface area contributed by atoms with Crippen molar-refractivity contribution in [2.24, 2.45) is 7.05 Å². The normalized spacial score (nSPS) is 58.0. The molecular weight excluding hydrogens is 288 g/mol. The molecule has 0 radical (unpaired) electrons. The summed E-state index contributed by atoms with van der Waals surface area (Å²) in [6, 6.07) is -13.9. The molecule has 5 heteroatoms. The maximum absolute atomic E-state index is 13.6. The average molecular weight is 332 g/mol. The lowest BCUT2D eigenvalue weighted by Gasteiger charge is -2.47. The van der Waals surface area contributed by atoms with Crippen LogP contribution in [0.5, 0.6) is 0 Å². The van der Waals surface area contributed by atoms with Gasteiger partial charge in [0.2, 0.25) is 0 Å². The Labute approximate surface area is 163 Å². The zero-order chi connectivity index (χ0) is 32.8. The third-order valence-corrected chi connectivity index (χ3v) is 3.35. The molecule has 3 heterocycles. The van der Waals surface area contributed by atoms with E-state index in [1.165, 1.54) is 7.05 Å². The fourth-order valence-corrected chi connectivity index (χ4v) is 2.27. The average Bonchev–Trinajstić information content (AvgIpc) is 3.18. The molecule has 2 bridgehead atoms. The Hall–Kier alpha value is -1.88. The van der Waals surface area contributed by atoms with Crippen molar-refractivity contribution >= 4 is 16.8 Å². The minimum atomic E-state index is -4.17. The number of nitrogens with zero attached hydrogens (tertiary/aromatic N) is 3. The lowest BCUT2D eigenvalue weighted by molar-refractivity contribution is 0.0462. The minimum Gasteiger partial charge on any atom is -0.348 e. The Balaban J connectivity index is 2.04. The number of aromatic nitrogens is 2. The van der Waals surface area contributed by atoms with Crippen LogP contribution in [0.3, 0.4) is 0 Å². The second-order valence-corrected chi connectivity index (χ2v) is 4.81. The van der Waals surface area contributed by atoms with Crippen LogP contribution in [0.1, 0.15) is 68.4 Å². The Morgan fingerprint density at radius 3 is 3.22 bits per heavy atom. The van der Waals surface area contributed by atoms with Crippen LogP contribution in [-0.2, 0) is 7.05 Å². The monoisotopic (exact) mass is 331 g/mol. The first-order valence-electron chi connectivity index (χ1n) is 16.1. The van der Waals surface area contributed by atoms with Crippen LogP contribution < -0.4 is 5.32 Å². The van der Waals surface area contributed by atoms with Crippen LogP contribution in [0.25, 0.3) is 10.9 Å². The van der Waals surface area contributed by atoms with Crippen LogP contribution >= 0.6 is 0 Å². The summed E-state index contributed by atoms with van der Waals surface area (Å²) in [6.07, 6.45) is -19.9. The standard InChI is InChI=1S/C18H24N4O/c1-21-13-6-5-7-14(21)11-12(10-13)19-18(23)17-15-8-3-4-9-16(15)22(2)20-17/h3-4,8-9,12-14H,5-7,10-11H2,1-2H3,(H,19,23)/t13-,14-/m1/s1/i1D3,3D,4D,5D2,6D2,7D2,8D,9D,10D2,11D2,12D,13D/t12?,13-,14-. The Morgan fingerprint density at radius 1 is 1.48 bits per heavy atom. The summed E-state index contributed by atoms with van der Waals surface area (Å²) in [5.74, 6) is -1.65. The summed E-state index contributed by atoms with van der Waals surface area (Å²) in [6.45, 7) is -3.81. The predicted octanol–water partition coefficient (Wildman–Crippen LogP) is 2.32. The van der Waals surface area contributed by atoms with Crippen LogP contribution in [0.2, 0.25) is 0 Å². The number of hydrogen-bond acceptors (Lipinski definition) is 3. The molecule has 2 aliphatic rings. The van der Waals surface area contributed by atoms with Gasteiger partial charge in [0, 0.05) is 49.7 Å². The van der Waals surface area contributed by atoms with Gasteiger partial charge in [-0.2, -0.15) is 5.10 Å². The molecule has 0 aliphatic carbocycles. The summed E-state index contributed by atoms with van der Waals surface area (Å²) >= 11 is 0. The Kier molecular flexibility index (Phi) is 1.13. The third kappa shape index (κ3) is 2.53. The molecule has 122 valence electrons. The summed E-state index contributed by atoms with van der Waals surface area (Å²) in [5.41, 5.74) is -1.16. The molecule has 0 saturated carbocycles. The molecule has 1 aromatic heterocycles. The van der Waals surface area contributed by atoms with Crippen molar-refractivity contribution in [3.8, 4) is 0 Å². The van der Waals surface area contributed by atoms with Crippen molar-refractivity contribution in [1.82, 2.24) is 20.0 Å². The number of fused-ring (bicyclic) bond motifs is 3. The van der Waals surface area contributed by atoms with E-state index in [2.05, 4.69) is 5.10 Å². The van der Waals surface area contributed by atoms with Gasteiger partial charge in [0.15, 0.2) is 5.69 Å². The first-order valence-corrected chi connectivity index (χ1v) is 6.58. The van der Waals surface area contributed by atoms with Crippen molar-refractivity contribution in [1.29, 1.82) is 0 Å². The molecule has 23 heavy (non-hydrogen) atoms. The highest BCUT2D eigenvalue weighted by Crippen LogP contribution is 2.32. The van der Waals surface area contributed by atoms with Gasteiger partial charge in [-0.1, -0.05) is 24.5 Å². The van der Waals surface area contributed by atoms with Gasteiger partial charge in [-0.15, -0.1) is 0 Å². The van der Waals surface area contributed by atoms with E-state index in [1.54, 1.807) is 5.32 Å². The molecule has 4 rings (SSSR count). The molecule has 1 N–H and O–H groups in total. The van der Waals surface area contributed by atoms with Gasteiger partial charge in [-0.25, -0.2) is 0 Å². The zero-order valence-corrected chi connectivity index (χ0v) is 11.8. The number of amides is 1. The van der Waals surface area contributed by atoms with Gasteiger partial charge < -0.3 is 10.2 Å². The number of aryl methyl sites for hydroxylation is 1. The van der Waals surface area contributed by atoms with Crippen molar-refractivity contribution in [3.05, 3.63) is 29.9 Å². The lowest BCUT2D eigenvalue weighted by Crippen LogP contribution is -2.55. The predicted molar refractivity (Wildman–Crippen MR) is 90.4 cm³/mol. The molecular formula is C18H24N4O. The highest BCUT2D eigenvalue weighted by Gasteiger charge is 2.36. The summed E-state index contributed by atoms with van der Waals surface area (Å²) in [7, 11) is 1.19. The molecule has 1 unspecified atom stereocenters. The molecule has 2 aromatic rings. The van der Waals surface area contributed by atoms with Crippen LogP contribution in [-0.4, -0.2) is 45.6 Å². The maximum Gasteiger partial charge on any atom is 0.272 e. The van der Waals surface area contributed by atoms with Gasteiger partial charge in [-0.3, -0.25) is 9.48 Å². The van der Waals surface area contributed by atoms with Crippen LogP contribution in [0.4, 0.5) is 0 Å². The fraction of sp³-hybridized carbons (Fsp3) is 0.556. The Bertz CT molecular complexity index is 1510. The second-order valence-electron chi connectivity index (χ2n) is 4.81. The van der Waals surface area contributed by atoms with Crippen molar-refractivity contribution in [3.63, 3.8) is 0 Å². The largest absolute Gasteiger partial charge is 0.348 e. The van der Waals surface area contributed by atoms with Gasteiger partial charge in [0.05, 0.1) is 12.4 Å². The van der Waals surface area contributed by atoms with Crippen molar-refractivity contribution in [2.45, 2.75) is 49.9 Å². The number of hydrogen-bond donors (Lipinski definition) is 1. The number of carbonyl (C=O) groups is 1. The third-order valence-electron chi connectivity index (χ3n) is 3.35. The van der Waals surface area contributed by atoms with E-state index in [-0.39, 0.29) is 5.52 Å². The summed E-state index contributed by atoms with van der Waals surface area (Å²) in [4.78, 5) is 13.2. The molecule has 3 atom stereocenters. The number of rotatable bonds is 2. The van der Waals surface area contributed by atoms with Crippen molar-refractivity contribution < 1.29 is 30.8 Å². The number of carbonyl (C=O) groups excluding carboxylic acids is 1.